The van der Waals surface area contributed by atoms with E-state index >= 15 is 0 Å². The van der Waals surface area contributed by atoms with E-state index in [2.05, 4.69) is 13.0 Å². The monoisotopic (exact) mass is 267 g/mol. The summed E-state index contributed by atoms with van der Waals surface area (Å²) in [6, 6.07) is 13.5. The van der Waals surface area contributed by atoms with Crippen LogP contribution in [0.2, 0.25) is 0 Å². The molecule has 2 N–H and O–H groups in total. The summed E-state index contributed by atoms with van der Waals surface area (Å²) in [5.74, 6) is 0.721. The van der Waals surface area contributed by atoms with E-state index in [4.69, 9.17) is 10.5 Å². The van der Waals surface area contributed by atoms with Gasteiger partial charge in [0.15, 0.2) is 0 Å². The summed E-state index contributed by atoms with van der Waals surface area (Å²) >= 11 is 0. The van der Waals surface area contributed by atoms with Gasteiger partial charge in [0.25, 0.3) is 0 Å². The molecule has 0 fully saturated rings. The Morgan fingerprint density at radius 1 is 1.15 bits per heavy atom. The molecular formula is C17H17NO2. The summed E-state index contributed by atoms with van der Waals surface area (Å²) in [5, 5.41) is 0. The first kappa shape index (κ1) is 12.7. The van der Waals surface area contributed by atoms with Crippen LogP contribution >= 0.6 is 0 Å². The molecule has 3 nitrogen and oxygen atoms in total. The van der Waals surface area contributed by atoms with Crippen LogP contribution in [0.15, 0.2) is 42.5 Å². The minimum atomic E-state index is -0.419. The molecule has 0 spiro atoms. The first-order chi connectivity index (χ1) is 9.72. The molecule has 3 heteroatoms. The Balaban J connectivity index is 2.22. The molecule has 1 heterocycles. The Morgan fingerprint density at radius 2 is 1.90 bits per heavy atom. The van der Waals surface area contributed by atoms with E-state index in [-0.39, 0.29) is 5.91 Å². The number of hydrogen-bond donors (Lipinski definition) is 1. The zero-order valence-electron chi connectivity index (χ0n) is 11.4. The van der Waals surface area contributed by atoms with Crippen LogP contribution in [-0.2, 0) is 11.2 Å². The third-order valence-electron chi connectivity index (χ3n) is 3.70. The van der Waals surface area contributed by atoms with Crippen LogP contribution < -0.4 is 10.5 Å². The van der Waals surface area contributed by atoms with Crippen LogP contribution in [0.5, 0.6) is 11.5 Å². The third kappa shape index (κ3) is 1.95. The Morgan fingerprint density at radius 3 is 2.65 bits per heavy atom. The SMILES string of the molecule is CCCc1cccc2c1C(C(N)=O)c1ccccc1O2. The number of carbonyl (C=O) groups is 1. The van der Waals surface area contributed by atoms with E-state index in [0.717, 1.165) is 41.0 Å². The fraction of sp³-hybridized carbons (Fsp3) is 0.235. The number of rotatable bonds is 3. The van der Waals surface area contributed by atoms with Gasteiger partial charge >= 0.3 is 0 Å². The summed E-state index contributed by atoms with van der Waals surface area (Å²) in [7, 11) is 0. The normalized spacial score (nSPS) is 15.9. The number of hydrogen-bond acceptors (Lipinski definition) is 2. The van der Waals surface area contributed by atoms with Crippen LogP contribution in [0, 0.1) is 0 Å². The largest absolute Gasteiger partial charge is 0.457 e. The fourth-order valence-electron chi connectivity index (χ4n) is 2.87. The molecule has 2 aromatic rings. The predicted octanol–water partition coefficient (Wildman–Crippen LogP) is 3.36. The lowest BCUT2D eigenvalue weighted by molar-refractivity contribution is -0.118. The maximum absolute atomic E-state index is 12.0. The number of aryl methyl sites for hydroxylation is 1. The molecular weight excluding hydrogens is 250 g/mol. The lowest BCUT2D eigenvalue weighted by Gasteiger charge is -2.28. The molecule has 1 atom stereocenters. The average molecular weight is 267 g/mol. The smallest absolute Gasteiger partial charge is 0.229 e. The minimum Gasteiger partial charge on any atom is -0.457 e. The first-order valence-electron chi connectivity index (χ1n) is 6.90. The van der Waals surface area contributed by atoms with Gasteiger partial charge in [0.2, 0.25) is 5.91 Å². The number of amides is 1. The van der Waals surface area contributed by atoms with Crippen molar-refractivity contribution in [1.29, 1.82) is 0 Å². The van der Waals surface area contributed by atoms with E-state index in [1.54, 1.807) is 0 Å². The maximum Gasteiger partial charge on any atom is 0.229 e. The third-order valence-corrected chi connectivity index (χ3v) is 3.70. The molecule has 0 radical (unpaired) electrons. The second-order valence-corrected chi connectivity index (χ2v) is 5.05. The lowest BCUT2D eigenvalue weighted by atomic mass is 9.83. The molecule has 0 aromatic heterocycles. The summed E-state index contributed by atoms with van der Waals surface area (Å²) in [6.45, 7) is 2.12. The van der Waals surface area contributed by atoms with Gasteiger partial charge in [-0.15, -0.1) is 0 Å². The van der Waals surface area contributed by atoms with Crippen molar-refractivity contribution in [2.45, 2.75) is 25.7 Å². The van der Waals surface area contributed by atoms with Crippen LogP contribution in [0.25, 0.3) is 0 Å². The molecule has 2 aromatic carbocycles. The van der Waals surface area contributed by atoms with E-state index in [0.29, 0.717) is 0 Å². The number of para-hydroxylation sites is 1. The zero-order valence-corrected chi connectivity index (χ0v) is 11.4. The van der Waals surface area contributed by atoms with E-state index < -0.39 is 5.92 Å². The molecule has 0 saturated heterocycles. The molecule has 1 aliphatic rings. The molecule has 0 aliphatic carbocycles. The molecule has 3 rings (SSSR count). The number of primary amides is 1. The van der Waals surface area contributed by atoms with Crippen LogP contribution in [0.4, 0.5) is 0 Å². The van der Waals surface area contributed by atoms with Crippen LogP contribution in [0.1, 0.15) is 36.0 Å². The maximum atomic E-state index is 12.0. The van der Waals surface area contributed by atoms with Gasteiger partial charge in [0.05, 0.1) is 5.92 Å². The predicted molar refractivity (Wildman–Crippen MR) is 78.0 cm³/mol. The topological polar surface area (TPSA) is 52.3 Å². The fourth-order valence-corrected chi connectivity index (χ4v) is 2.87. The van der Waals surface area contributed by atoms with Gasteiger partial charge in [-0.25, -0.2) is 0 Å². The minimum absolute atomic E-state index is 0.328. The highest BCUT2D eigenvalue weighted by Crippen LogP contribution is 2.45. The number of ether oxygens (including phenoxy) is 1. The highest BCUT2D eigenvalue weighted by Gasteiger charge is 2.32. The van der Waals surface area contributed by atoms with Crippen LogP contribution in [0.3, 0.4) is 0 Å². The van der Waals surface area contributed by atoms with Gasteiger partial charge in [-0.1, -0.05) is 43.7 Å². The van der Waals surface area contributed by atoms with Gasteiger partial charge in [-0.3, -0.25) is 4.79 Å². The lowest BCUT2D eigenvalue weighted by Crippen LogP contribution is -2.26. The van der Waals surface area contributed by atoms with Gasteiger partial charge in [-0.05, 0) is 24.1 Å². The van der Waals surface area contributed by atoms with E-state index in [9.17, 15) is 4.79 Å². The van der Waals surface area contributed by atoms with E-state index in [1.807, 2.05) is 36.4 Å². The Hall–Kier alpha value is -2.29. The van der Waals surface area contributed by atoms with E-state index in [1.165, 1.54) is 0 Å². The number of carbonyl (C=O) groups excluding carboxylic acids is 1. The number of fused-ring (bicyclic) bond motifs is 2. The van der Waals surface area contributed by atoms with Crippen molar-refractivity contribution >= 4 is 5.91 Å². The van der Waals surface area contributed by atoms with Crippen molar-refractivity contribution in [3.05, 3.63) is 59.2 Å². The van der Waals surface area contributed by atoms with Crippen molar-refractivity contribution in [3.8, 4) is 11.5 Å². The van der Waals surface area contributed by atoms with Gasteiger partial charge in [0.1, 0.15) is 11.5 Å². The van der Waals surface area contributed by atoms with Crippen molar-refractivity contribution < 1.29 is 9.53 Å². The zero-order chi connectivity index (χ0) is 14.1. The Labute approximate surface area is 118 Å². The molecule has 1 unspecified atom stereocenters. The van der Waals surface area contributed by atoms with Crippen molar-refractivity contribution in [3.63, 3.8) is 0 Å². The summed E-state index contributed by atoms with van der Waals surface area (Å²) in [5.41, 5.74) is 8.60. The Kier molecular flexibility index (Phi) is 3.18. The summed E-state index contributed by atoms with van der Waals surface area (Å²) < 4.78 is 5.94. The first-order valence-corrected chi connectivity index (χ1v) is 6.90. The molecule has 20 heavy (non-hydrogen) atoms. The highest BCUT2D eigenvalue weighted by molar-refractivity contribution is 5.88. The van der Waals surface area contributed by atoms with Gasteiger partial charge < -0.3 is 10.5 Å². The van der Waals surface area contributed by atoms with Crippen molar-refractivity contribution in [2.75, 3.05) is 0 Å². The summed E-state index contributed by atoms with van der Waals surface area (Å²) in [6.07, 6.45) is 1.93. The standard InChI is InChI=1S/C17H17NO2/c1-2-6-11-7-5-10-14-15(11)16(17(18)19)12-8-3-4-9-13(12)20-14/h3-5,7-10,16H,2,6H2,1H3,(H2,18,19). The molecule has 102 valence electrons. The quantitative estimate of drug-likeness (QED) is 0.927. The molecule has 0 saturated carbocycles. The van der Waals surface area contributed by atoms with Gasteiger partial charge in [-0.2, -0.15) is 0 Å². The molecule has 1 amide bonds. The number of benzene rings is 2. The second-order valence-electron chi connectivity index (χ2n) is 5.05. The molecule has 1 aliphatic heterocycles. The van der Waals surface area contributed by atoms with Crippen LogP contribution in [-0.4, -0.2) is 5.91 Å². The summed E-state index contributed by atoms with van der Waals surface area (Å²) in [4.78, 5) is 12.0. The van der Waals surface area contributed by atoms with Crippen molar-refractivity contribution in [1.82, 2.24) is 0 Å². The number of nitrogens with two attached hydrogens (primary N) is 1. The second kappa shape index (κ2) is 5.00. The molecule has 0 bridgehead atoms. The van der Waals surface area contributed by atoms with Crippen molar-refractivity contribution in [2.24, 2.45) is 5.73 Å². The average Bonchev–Trinajstić information content (AvgIpc) is 2.45. The Bertz CT molecular complexity index is 664. The van der Waals surface area contributed by atoms with Gasteiger partial charge in [0, 0.05) is 11.1 Å². The highest BCUT2D eigenvalue weighted by atomic mass is 16.5.